The van der Waals surface area contributed by atoms with E-state index >= 15 is 0 Å². The number of hydrogen-bond donors (Lipinski definition) is 2. The van der Waals surface area contributed by atoms with Crippen molar-refractivity contribution in [2.45, 2.75) is 26.3 Å². The summed E-state index contributed by atoms with van der Waals surface area (Å²) < 4.78 is 2.09. The first-order valence-electron chi connectivity index (χ1n) is 7.84. The van der Waals surface area contributed by atoms with Gasteiger partial charge in [-0.2, -0.15) is 0 Å². The molecule has 0 atom stereocenters. The molecule has 120 valence electrons. The van der Waals surface area contributed by atoms with E-state index in [2.05, 4.69) is 35.1 Å². The number of aromatic nitrogens is 1. The van der Waals surface area contributed by atoms with Crippen LogP contribution < -0.4 is 5.32 Å². The fourth-order valence-electron chi connectivity index (χ4n) is 2.67. The maximum Gasteiger partial charge on any atom is 0.345 e. The summed E-state index contributed by atoms with van der Waals surface area (Å²) in [4.78, 5) is 11.5. The average Bonchev–Trinajstić information content (AvgIpc) is 3.17. The van der Waals surface area contributed by atoms with E-state index in [1.165, 1.54) is 35.1 Å². The predicted octanol–water partition coefficient (Wildman–Crippen LogP) is 4.28. The van der Waals surface area contributed by atoms with Gasteiger partial charge in [-0.25, -0.2) is 4.79 Å². The van der Waals surface area contributed by atoms with Crippen LogP contribution in [0.5, 0.6) is 0 Å². The Bertz CT molecular complexity index is 819. The van der Waals surface area contributed by atoms with Crippen LogP contribution in [-0.4, -0.2) is 22.2 Å². The molecule has 4 nitrogen and oxygen atoms in total. The van der Waals surface area contributed by atoms with Crippen LogP contribution in [0.3, 0.4) is 0 Å². The minimum absolute atomic E-state index is 0.361. The van der Waals surface area contributed by atoms with Gasteiger partial charge in [0.25, 0.3) is 0 Å². The highest BCUT2D eigenvalue weighted by molar-refractivity contribution is 7.16. The molecule has 2 aromatic heterocycles. The Morgan fingerprint density at radius 2 is 2.09 bits per heavy atom. The quantitative estimate of drug-likeness (QED) is 0.637. The number of carbonyl (C=O) groups is 1. The number of benzene rings is 1. The smallest absolute Gasteiger partial charge is 0.345 e. The number of nitrogens with zero attached hydrogens (tertiary/aromatic N) is 1. The van der Waals surface area contributed by atoms with Crippen molar-refractivity contribution in [1.29, 1.82) is 0 Å². The topological polar surface area (TPSA) is 54.3 Å². The third kappa shape index (κ3) is 3.30. The van der Waals surface area contributed by atoms with Crippen LogP contribution in [-0.2, 0) is 6.54 Å². The first-order chi connectivity index (χ1) is 11.2. The molecule has 0 spiro atoms. The Hall–Kier alpha value is -2.11. The second-order valence-electron chi connectivity index (χ2n) is 5.51. The molecule has 2 heterocycles. The molecular formula is C18H20N2O2S. The zero-order chi connectivity index (χ0) is 16.2. The van der Waals surface area contributed by atoms with E-state index in [0.29, 0.717) is 4.88 Å². The summed E-state index contributed by atoms with van der Waals surface area (Å²) in [6.07, 6.45) is 4.47. The van der Waals surface area contributed by atoms with Gasteiger partial charge in [-0.15, -0.1) is 11.3 Å². The lowest BCUT2D eigenvalue weighted by Gasteiger charge is -2.02. The second kappa shape index (κ2) is 6.98. The number of carboxylic acid groups (broad SMARTS) is 1. The molecule has 0 fully saturated rings. The van der Waals surface area contributed by atoms with Crippen LogP contribution in [0.15, 0.2) is 42.6 Å². The molecule has 0 bridgehead atoms. The van der Waals surface area contributed by atoms with Crippen molar-refractivity contribution in [3.63, 3.8) is 0 Å². The molecule has 0 unspecified atom stereocenters. The molecular weight excluding hydrogens is 308 g/mol. The summed E-state index contributed by atoms with van der Waals surface area (Å²) in [6, 6.07) is 11.8. The van der Waals surface area contributed by atoms with E-state index in [1.807, 2.05) is 18.2 Å². The number of aromatic carboxylic acids is 1. The minimum Gasteiger partial charge on any atom is -0.477 e. The van der Waals surface area contributed by atoms with Gasteiger partial charge in [0.2, 0.25) is 0 Å². The number of fused-ring (bicyclic) bond motifs is 1. The van der Waals surface area contributed by atoms with Crippen LogP contribution >= 0.6 is 11.3 Å². The van der Waals surface area contributed by atoms with Crippen molar-refractivity contribution in [1.82, 2.24) is 9.88 Å². The first-order valence-corrected chi connectivity index (χ1v) is 8.65. The Morgan fingerprint density at radius 3 is 2.83 bits per heavy atom. The molecule has 0 saturated heterocycles. The van der Waals surface area contributed by atoms with Crippen LogP contribution in [0.25, 0.3) is 15.9 Å². The average molecular weight is 328 g/mol. The Morgan fingerprint density at radius 1 is 1.26 bits per heavy atom. The molecule has 0 amide bonds. The van der Waals surface area contributed by atoms with Gasteiger partial charge < -0.3 is 15.0 Å². The van der Waals surface area contributed by atoms with Gasteiger partial charge in [-0.1, -0.05) is 31.5 Å². The molecule has 5 heteroatoms. The summed E-state index contributed by atoms with van der Waals surface area (Å²) in [7, 11) is 0. The lowest BCUT2D eigenvalue weighted by molar-refractivity contribution is 0.0702. The zero-order valence-electron chi connectivity index (χ0n) is 13.1. The van der Waals surface area contributed by atoms with Gasteiger partial charge in [-0.3, -0.25) is 0 Å². The van der Waals surface area contributed by atoms with Crippen LogP contribution in [0.2, 0.25) is 0 Å². The van der Waals surface area contributed by atoms with Crippen molar-refractivity contribution >= 4 is 28.2 Å². The number of nitrogens with one attached hydrogen (secondary N) is 1. The van der Waals surface area contributed by atoms with Crippen LogP contribution in [0.4, 0.5) is 0 Å². The molecule has 0 aliphatic heterocycles. The number of unbranched alkanes of at least 4 members (excludes halogenated alkanes) is 1. The van der Waals surface area contributed by atoms with E-state index in [9.17, 15) is 4.79 Å². The van der Waals surface area contributed by atoms with E-state index in [-0.39, 0.29) is 0 Å². The maximum atomic E-state index is 11.1. The summed E-state index contributed by atoms with van der Waals surface area (Å²) in [5.74, 6) is -0.876. The molecule has 0 aliphatic rings. The highest BCUT2D eigenvalue weighted by Gasteiger charge is 2.13. The third-order valence-corrected chi connectivity index (χ3v) is 4.93. The van der Waals surface area contributed by atoms with E-state index < -0.39 is 5.97 Å². The lowest BCUT2D eigenvalue weighted by Crippen LogP contribution is -2.14. The lowest BCUT2D eigenvalue weighted by atomic mass is 10.2. The second-order valence-corrected chi connectivity index (χ2v) is 6.58. The van der Waals surface area contributed by atoms with E-state index in [1.54, 1.807) is 6.07 Å². The van der Waals surface area contributed by atoms with E-state index in [0.717, 1.165) is 23.6 Å². The van der Waals surface area contributed by atoms with Gasteiger partial charge >= 0.3 is 5.97 Å². The maximum absolute atomic E-state index is 11.1. The zero-order valence-corrected chi connectivity index (χ0v) is 13.9. The SMILES string of the molecule is CCCCNCc1cn(-c2ccc(C(=O)O)s2)c2ccccc12. The summed E-state index contributed by atoms with van der Waals surface area (Å²) in [5.41, 5.74) is 2.35. The monoisotopic (exact) mass is 328 g/mol. The van der Waals surface area contributed by atoms with Gasteiger partial charge in [0.05, 0.1) is 5.52 Å². The molecule has 2 N–H and O–H groups in total. The van der Waals surface area contributed by atoms with Gasteiger partial charge in [0.15, 0.2) is 0 Å². The first kappa shape index (κ1) is 15.8. The van der Waals surface area contributed by atoms with Crippen molar-refractivity contribution in [3.05, 3.63) is 53.0 Å². The summed E-state index contributed by atoms with van der Waals surface area (Å²) in [6.45, 7) is 4.02. The molecule has 0 saturated carbocycles. The molecule has 0 aliphatic carbocycles. The fraction of sp³-hybridized carbons (Fsp3) is 0.278. The van der Waals surface area contributed by atoms with Crippen LogP contribution in [0.1, 0.15) is 35.0 Å². The number of rotatable bonds is 7. The number of para-hydroxylation sites is 1. The van der Waals surface area contributed by atoms with Gasteiger partial charge in [0.1, 0.15) is 9.88 Å². The molecule has 3 rings (SSSR count). The normalized spacial score (nSPS) is 11.2. The molecule has 1 aromatic carbocycles. The molecule has 23 heavy (non-hydrogen) atoms. The van der Waals surface area contributed by atoms with Gasteiger partial charge in [0, 0.05) is 18.1 Å². The van der Waals surface area contributed by atoms with Crippen molar-refractivity contribution in [2.24, 2.45) is 0 Å². The highest BCUT2D eigenvalue weighted by atomic mass is 32.1. The molecule has 3 aromatic rings. The minimum atomic E-state index is -0.876. The Labute approximate surface area is 139 Å². The molecule has 0 radical (unpaired) electrons. The van der Waals surface area contributed by atoms with Crippen LogP contribution in [0, 0.1) is 0 Å². The number of hydrogen-bond acceptors (Lipinski definition) is 3. The van der Waals surface area contributed by atoms with Crippen molar-refractivity contribution in [2.75, 3.05) is 6.54 Å². The summed E-state index contributed by atoms with van der Waals surface area (Å²) >= 11 is 1.30. The predicted molar refractivity (Wildman–Crippen MR) is 94.7 cm³/mol. The van der Waals surface area contributed by atoms with Crippen molar-refractivity contribution < 1.29 is 9.90 Å². The Kier molecular flexibility index (Phi) is 4.79. The number of thiophene rings is 1. The standard InChI is InChI=1S/C18H20N2O2S/c1-2-3-10-19-11-13-12-20(15-7-5-4-6-14(13)15)17-9-8-16(23-17)18(21)22/h4-9,12,19H,2-3,10-11H2,1H3,(H,21,22). The number of carboxylic acids is 1. The largest absolute Gasteiger partial charge is 0.477 e. The van der Waals surface area contributed by atoms with Gasteiger partial charge in [-0.05, 0) is 36.7 Å². The summed E-state index contributed by atoms with van der Waals surface area (Å²) in [5, 5.41) is 14.7. The Balaban J connectivity index is 1.95. The van der Waals surface area contributed by atoms with Crippen molar-refractivity contribution in [3.8, 4) is 5.00 Å². The van der Waals surface area contributed by atoms with E-state index in [4.69, 9.17) is 5.11 Å². The fourth-order valence-corrected chi connectivity index (χ4v) is 3.50. The third-order valence-electron chi connectivity index (χ3n) is 3.86. The highest BCUT2D eigenvalue weighted by Crippen LogP contribution is 2.29.